The Morgan fingerprint density at radius 2 is 1.61 bits per heavy atom. The Labute approximate surface area is 124 Å². The van der Waals surface area contributed by atoms with Crippen molar-refractivity contribution < 1.29 is 0 Å². The molecule has 0 saturated heterocycles. The fraction of sp³-hybridized carbons (Fsp3) is 0.200. The smallest absolute Gasteiger partial charge is 0.147 e. The van der Waals surface area contributed by atoms with Gasteiger partial charge in [-0.05, 0) is 0 Å². The molecule has 0 aromatic heterocycles. The second kappa shape index (κ2) is 7.51. The fourth-order valence-electron chi connectivity index (χ4n) is 2.00. The molecule has 0 spiro atoms. The molecular weight excluding hydrogens is 305 g/mol. The van der Waals surface area contributed by atoms with Gasteiger partial charge in [0.1, 0.15) is 0 Å². The number of rotatable bonds is 4. The average molecular weight is 324 g/mol. The van der Waals surface area contributed by atoms with Crippen LogP contribution in [-0.2, 0) is 6.42 Å². The summed E-state index contributed by atoms with van der Waals surface area (Å²) in [5.74, 6) is 0. The Morgan fingerprint density at radius 3 is 2.28 bits per heavy atom. The summed E-state index contributed by atoms with van der Waals surface area (Å²) in [5.41, 5.74) is 4.07. The van der Waals surface area contributed by atoms with Crippen molar-refractivity contribution in [2.45, 2.75) is 11.1 Å². The zero-order valence-corrected chi connectivity index (χ0v) is 13.7. The summed E-state index contributed by atoms with van der Waals surface area (Å²) < 4.78 is 0.609. The molecule has 3 heteroatoms. The van der Waals surface area contributed by atoms with E-state index in [0.29, 0.717) is 4.71 Å². The van der Waals surface area contributed by atoms with Crippen LogP contribution in [0.15, 0.2) is 54.6 Å². The van der Waals surface area contributed by atoms with Gasteiger partial charge in [-0.3, -0.25) is 0 Å². The number of benzene rings is 2. The van der Waals surface area contributed by atoms with Gasteiger partial charge >= 0.3 is 112 Å². The second-order valence-electron chi connectivity index (χ2n) is 4.13. The van der Waals surface area contributed by atoms with E-state index in [9.17, 15) is 0 Å². The fourth-order valence-corrected chi connectivity index (χ4v) is 3.00. The molecule has 0 radical (unpaired) electrons. The van der Waals surface area contributed by atoms with Crippen molar-refractivity contribution in [2.24, 2.45) is 0 Å². The predicted molar refractivity (Wildman–Crippen MR) is 84.7 cm³/mol. The van der Waals surface area contributed by atoms with Gasteiger partial charge in [0.2, 0.25) is 0 Å². The molecule has 2 rings (SSSR count). The normalized spacial score (nSPS) is 11.4. The summed E-state index contributed by atoms with van der Waals surface area (Å²) in [7, 11) is 1.98. The van der Waals surface area contributed by atoms with Crippen molar-refractivity contribution in [1.29, 1.82) is 0 Å². The summed E-state index contributed by atoms with van der Waals surface area (Å²) in [6, 6.07) is 19.3. The minimum atomic E-state index is 0. The number of halogens is 1. The minimum Gasteiger partial charge on any atom is -0.147 e. The van der Waals surface area contributed by atoms with E-state index in [0.717, 1.165) is 6.42 Å². The zero-order chi connectivity index (χ0) is 12.1. The topological polar surface area (TPSA) is 12.0 Å². The van der Waals surface area contributed by atoms with Crippen LogP contribution in [0.3, 0.4) is 0 Å². The van der Waals surface area contributed by atoms with E-state index in [-0.39, 0.29) is 12.4 Å². The average Bonchev–Trinajstić information content (AvgIpc) is 2.40. The van der Waals surface area contributed by atoms with Gasteiger partial charge in [0.15, 0.2) is 0 Å². The van der Waals surface area contributed by atoms with Gasteiger partial charge in [-0.2, -0.15) is 0 Å². The molecule has 2 aromatic carbocycles. The van der Waals surface area contributed by atoms with Gasteiger partial charge in [0.25, 0.3) is 0 Å². The van der Waals surface area contributed by atoms with Gasteiger partial charge < -0.3 is 0 Å². The maximum absolute atomic E-state index is 3.26. The third-order valence-electron chi connectivity index (χ3n) is 2.95. The van der Waals surface area contributed by atoms with E-state index in [4.69, 9.17) is 0 Å². The number of nitrogens with one attached hydrogen (secondary N) is 1. The Morgan fingerprint density at radius 1 is 1.00 bits per heavy atom. The van der Waals surface area contributed by atoms with Crippen LogP contribution in [0.1, 0.15) is 15.8 Å². The summed E-state index contributed by atoms with van der Waals surface area (Å²) in [6.07, 6.45) is 1.10. The van der Waals surface area contributed by atoms with Crippen LogP contribution in [0, 0.1) is 0 Å². The first-order valence-electron chi connectivity index (χ1n) is 5.87. The molecule has 0 aliphatic carbocycles. The van der Waals surface area contributed by atoms with Crippen LogP contribution >= 0.6 is 12.4 Å². The van der Waals surface area contributed by atoms with Gasteiger partial charge in [-0.25, -0.2) is 0 Å². The van der Waals surface area contributed by atoms with Crippen LogP contribution in [-0.4, -0.2) is 23.9 Å². The van der Waals surface area contributed by atoms with E-state index >= 15 is 0 Å². The van der Waals surface area contributed by atoms with Crippen molar-refractivity contribution in [1.82, 2.24) is 0 Å². The molecule has 0 fully saturated rings. The molecule has 0 aliphatic heterocycles. The molecule has 96 valence electrons. The number of anilines is 1. The second-order valence-corrected chi connectivity index (χ2v) is 5.82. The quantitative estimate of drug-likeness (QED) is 0.853. The number of para-hydroxylation sites is 1. The Balaban J connectivity index is 0.00000162. The Bertz CT molecular complexity index is 473. The molecule has 0 amide bonds. The molecule has 18 heavy (non-hydrogen) atoms. The summed E-state index contributed by atoms with van der Waals surface area (Å²) in [5, 5.41) is 3.26. The maximum Gasteiger partial charge on any atom is -0.147 e. The molecule has 1 nitrogen and oxygen atoms in total. The summed E-state index contributed by atoms with van der Waals surface area (Å²) >= 11 is 1.79. The van der Waals surface area contributed by atoms with Crippen LogP contribution < -0.4 is 5.32 Å². The summed E-state index contributed by atoms with van der Waals surface area (Å²) in [6.45, 7) is 0. The van der Waals surface area contributed by atoms with Gasteiger partial charge in [-0.1, -0.05) is 0 Å². The van der Waals surface area contributed by atoms with Crippen LogP contribution in [0.25, 0.3) is 0 Å². The maximum atomic E-state index is 3.26. The molecule has 1 N–H and O–H groups in total. The third kappa shape index (κ3) is 3.80. The van der Waals surface area contributed by atoms with Crippen LogP contribution in [0.2, 0.25) is 0 Å². The molecule has 0 aliphatic rings. The SMILES string of the molecule is CNc1ccccc1CC([AsH2])c1ccccc1.Cl. The van der Waals surface area contributed by atoms with Crippen molar-refractivity contribution in [3.05, 3.63) is 65.7 Å². The van der Waals surface area contributed by atoms with Crippen LogP contribution in [0.5, 0.6) is 0 Å². The van der Waals surface area contributed by atoms with Crippen molar-refractivity contribution >= 4 is 34.9 Å². The van der Waals surface area contributed by atoms with Crippen molar-refractivity contribution in [3.8, 4) is 0 Å². The molecule has 2 atom stereocenters. The van der Waals surface area contributed by atoms with Crippen LogP contribution in [0.4, 0.5) is 5.69 Å². The van der Waals surface area contributed by atoms with Gasteiger partial charge in [0.05, 0.1) is 0 Å². The van der Waals surface area contributed by atoms with E-state index in [1.165, 1.54) is 16.8 Å². The standard InChI is InChI=1S/C15H18AsN.ClH/c1-17-15-10-6-5-9-13(15)11-14(16)12-7-3-2-4-8-12;/h2-10,14,17H,11,16H2,1H3;1H. The molecule has 0 heterocycles. The monoisotopic (exact) mass is 323 g/mol. The third-order valence-corrected chi connectivity index (χ3v) is 4.26. The Kier molecular flexibility index (Phi) is 6.32. The van der Waals surface area contributed by atoms with E-state index < -0.39 is 0 Å². The van der Waals surface area contributed by atoms with Crippen molar-refractivity contribution in [2.75, 3.05) is 12.4 Å². The van der Waals surface area contributed by atoms with E-state index in [2.05, 4.69) is 59.9 Å². The van der Waals surface area contributed by atoms with Gasteiger partial charge in [-0.15, -0.1) is 12.4 Å². The predicted octanol–water partition coefficient (Wildman–Crippen LogP) is 3.07. The minimum absolute atomic E-state index is 0. The molecule has 0 saturated carbocycles. The largest absolute Gasteiger partial charge is 0.147 e. The first-order valence-corrected chi connectivity index (χ1v) is 7.27. The number of hydrogen-bond acceptors (Lipinski definition) is 1. The zero-order valence-electron chi connectivity index (χ0n) is 10.5. The molecule has 2 aromatic rings. The van der Waals surface area contributed by atoms with E-state index in [1.807, 2.05) is 7.05 Å². The molecule has 0 bridgehead atoms. The summed E-state index contributed by atoms with van der Waals surface area (Å²) in [4.78, 5) is 0. The first-order chi connectivity index (χ1) is 8.31. The van der Waals surface area contributed by atoms with Gasteiger partial charge in [0, 0.05) is 0 Å². The first kappa shape index (κ1) is 15.1. The molecular formula is C15H19AsClN. The molecule has 2 unspecified atom stereocenters. The van der Waals surface area contributed by atoms with E-state index in [1.54, 1.807) is 16.9 Å². The van der Waals surface area contributed by atoms with Crippen molar-refractivity contribution in [3.63, 3.8) is 0 Å². The number of hydrogen-bond donors (Lipinski definition) is 1. The Hall–Kier alpha value is -0.912.